The van der Waals surface area contributed by atoms with Crippen molar-refractivity contribution in [2.75, 3.05) is 38.2 Å². The summed E-state index contributed by atoms with van der Waals surface area (Å²) < 4.78 is 24.4. The van der Waals surface area contributed by atoms with Crippen LogP contribution in [0.4, 0.5) is 10.1 Å². The number of hydrogen-bond acceptors (Lipinski definition) is 5. The van der Waals surface area contributed by atoms with Gasteiger partial charge in [0.25, 0.3) is 5.91 Å². The lowest BCUT2D eigenvalue weighted by atomic mass is 10.1. The Kier molecular flexibility index (Phi) is 8.09. The van der Waals surface area contributed by atoms with Gasteiger partial charge in [0.05, 0.1) is 12.1 Å². The number of amides is 1. The molecule has 0 aromatic heterocycles. The molecular formula is C28H25ClFN3O3. The van der Waals surface area contributed by atoms with Crippen molar-refractivity contribution in [3.63, 3.8) is 0 Å². The number of para-hydroxylation sites is 1. The van der Waals surface area contributed by atoms with Crippen molar-refractivity contribution in [2.45, 2.75) is 6.61 Å². The number of carbonyl (C=O) groups is 1. The maximum absolute atomic E-state index is 13.1. The van der Waals surface area contributed by atoms with Gasteiger partial charge in [-0.2, -0.15) is 5.26 Å². The van der Waals surface area contributed by atoms with Crippen LogP contribution >= 0.6 is 11.6 Å². The predicted octanol–water partition coefficient (Wildman–Crippen LogP) is 5.32. The first-order valence-electron chi connectivity index (χ1n) is 11.4. The number of anilines is 1. The molecule has 0 saturated carbocycles. The van der Waals surface area contributed by atoms with Crippen molar-refractivity contribution in [2.24, 2.45) is 0 Å². The summed E-state index contributed by atoms with van der Waals surface area (Å²) in [5, 5.41) is 9.97. The topological polar surface area (TPSA) is 65.8 Å². The lowest BCUT2D eigenvalue weighted by Gasteiger charge is -2.36. The van der Waals surface area contributed by atoms with Crippen molar-refractivity contribution in [3.05, 3.63) is 94.3 Å². The van der Waals surface area contributed by atoms with Gasteiger partial charge in [-0.15, -0.1) is 0 Å². The summed E-state index contributed by atoms with van der Waals surface area (Å²) in [5.41, 5.74) is 2.44. The van der Waals surface area contributed by atoms with E-state index in [1.807, 2.05) is 36.4 Å². The van der Waals surface area contributed by atoms with Crippen LogP contribution in [0.25, 0.3) is 6.08 Å². The minimum Gasteiger partial charge on any atom is -0.493 e. The number of rotatable bonds is 7. The Bertz CT molecular complexity index is 1280. The molecular weight excluding hydrogens is 481 g/mol. The lowest BCUT2D eigenvalue weighted by Crippen LogP contribution is -2.49. The van der Waals surface area contributed by atoms with E-state index >= 15 is 0 Å². The second-order valence-corrected chi connectivity index (χ2v) is 8.64. The summed E-state index contributed by atoms with van der Waals surface area (Å²) in [7, 11) is 1.48. The fraction of sp³-hybridized carbons (Fsp3) is 0.214. The first kappa shape index (κ1) is 25.1. The number of nitriles is 1. The predicted molar refractivity (Wildman–Crippen MR) is 138 cm³/mol. The van der Waals surface area contributed by atoms with Gasteiger partial charge in [0.2, 0.25) is 0 Å². The molecule has 0 unspecified atom stereocenters. The summed E-state index contributed by atoms with van der Waals surface area (Å²) in [5.74, 6) is 0.0305. The molecule has 0 radical (unpaired) electrons. The van der Waals surface area contributed by atoms with Crippen LogP contribution in [0.15, 0.2) is 72.3 Å². The molecule has 8 heteroatoms. The van der Waals surface area contributed by atoms with Crippen LogP contribution in [0, 0.1) is 17.1 Å². The number of benzene rings is 3. The molecule has 0 spiro atoms. The van der Waals surface area contributed by atoms with Crippen molar-refractivity contribution < 1.29 is 18.7 Å². The standard InChI is InChI=1S/C28H25ClFN3O3/c1-35-26-17-21(16-25(29)27(26)36-19-20-7-9-23(30)10-8-20)15-22(18-31)28(34)33-13-11-32(12-14-33)24-5-3-2-4-6-24/h2-10,15-17H,11-14,19H2,1H3/b22-15-. The van der Waals surface area contributed by atoms with Crippen LogP contribution in [-0.4, -0.2) is 44.1 Å². The van der Waals surface area contributed by atoms with Crippen molar-refractivity contribution in [1.29, 1.82) is 5.26 Å². The molecule has 1 aliphatic heterocycles. The molecule has 0 bridgehead atoms. The van der Waals surface area contributed by atoms with E-state index in [1.54, 1.807) is 29.2 Å². The lowest BCUT2D eigenvalue weighted by molar-refractivity contribution is -0.126. The van der Waals surface area contributed by atoms with Gasteiger partial charge < -0.3 is 19.3 Å². The third-order valence-corrected chi connectivity index (χ3v) is 6.18. The summed E-state index contributed by atoms with van der Waals surface area (Å²) in [4.78, 5) is 17.0. The molecule has 4 rings (SSSR count). The van der Waals surface area contributed by atoms with E-state index in [2.05, 4.69) is 4.90 Å². The van der Waals surface area contributed by atoms with Crippen LogP contribution in [0.1, 0.15) is 11.1 Å². The smallest absolute Gasteiger partial charge is 0.264 e. The number of piperazine rings is 1. The zero-order chi connectivity index (χ0) is 25.5. The maximum Gasteiger partial charge on any atom is 0.264 e. The average molecular weight is 506 g/mol. The molecule has 184 valence electrons. The van der Waals surface area contributed by atoms with Crippen molar-refractivity contribution in [3.8, 4) is 17.6 Å². The molecule has 3 aromatic carbocycles. The van der Waals surface area contributed by atoms with E-state index in [9.17, 15) is 14.4 Å². The number of ether oxygens (including phenoxy) is 2. The molecule has 1 amide bonds. The Hall–Kier alpha value is -4.02. The van der Waals surface area contributed by atoms with Gasteiger partial charge in [-0.1, -0.05) is 41.9 Å². The zero-order valence-corrected chi connectivity index (χ0v) is 20.5. The number of carbonyl (C=O) groups excluding carboxylic acids is 1. The Balaban J connectivity index is 1.46. The van der Waals surface area contributed by atoms with E-state index in [0.29, 0.717) is 43.2 Å². The highest BCUT2D eigenvalue weighted by molar-refractivity contribution is 6.32. The highest BCUT2D eigenvalue weighted by Crippen LogP contribution is 2.37. The summed E-state index contributed by atoms with van der Waals surface area (Å²) in [6.45, 7) is 2.59. The van der Waals surface area contributed by atoms with Crippen LogP contribution in [0.5, 0.6) is 11.5 Å². The Morgan fingerprint density at radius 2 is 1.78 bits per heavy atom. The average Bonchev–Trinajstić information content (AvgIpc) is 2.92. The normalized spacial score (nSPS) is 13.8. The van der Waals surface area contributed by atoms with E-state index in [1.165, 1.54) is 25.3 Å². The molecule has 0 atom stereocenters. The molecule has 1 fully saturated rings. The third kappa shape index (κ3) is 5.96. The Morgan fingerprint density at radius 1 is 1.08 bits per heavy atom. The maximum atomic E-state index is 13.1. The third-order valence-electron chi connectivity index (χ3n) is 5.90. The highest BCUT2D eigenvalue weighted by atomic mass is 35.5. The monoisotopic (exact) mass is 505 g/mol. The molecule has 0 N–H and O–H groups in total. The van der Waals surface area contributed by atoms with Crippen molar-refractivity contribution >= 4 is 29.3 Å². The fourth-order valence-corrected chi connectivity index (χ4v) is 4.26. The zero-order valence-electron chi connectivity index (χ0n) is 19.8. The second-order valence-electron chi connectivity index (χ2n) is 8.23. The first-order chi connectivity index (χ1) is 17.5. The highest BCUT2D eigenvalue weighted by Gasteiger charge is 2.24. The molecule has 1 aliphatic rings. The van der Waals surface area contributed by atoms with Gasteiger partial charge in [-0.25, -0.2) is 4.39 Å². The van der Waals surface area contributed by atoms with Crippen LogP contribution in [0.3, 0.4) is 0 Å². The molecule has 1 heterocycles. The first-order valence-corrected chi connectivity index (χ1v) is 11.8. The van der Waals surface area contributed by atoms with Gasteiger partial charge in [-0.05, 0) is 53.6 Å². The fourth-order valence-electron chi connectivity index (χ4n) is 3.98. The van der Waals surface area contributed by atoms with E-state index in [0.717, 1.165) is 11.3 Å². The summed E-state index contributed by atoms with van der Waals surface area (Å²) >= 11 is 6.46. The summed E-state index contributed by atoms with van der Waals surface area (Å²) in [6, 6.07) is 21.3. The number of methoxy groups -OCH3 is 1. The largest absolute Gasteiger partial charge is 0.493 e. The minimum atomic E-state index is -0.327. The molecule has 0 aliphatic carbocycles. The molecule has 3 aromatic rings. The van der Waals surface area contributed by atoms with Gasteiger partial charge >= 0.3 is 0 Å². The van der Waals surface area contributed by atoms with E-state index in [4.69, 9.17) is 21.1 Å². The molecule has 1 saturated heterocycles. The summed E-state index contributed by atoms with van der Waals surface area (Å²) in [6.07, 6.45) is 1.50. The van der Waals surface area contributed by atoms with Crippen LogP contribution in [-0.2, 0) is 11.4 Å². The van der Waals surface area contributed by atoms with E-state index < -0.39 is 0 Å². The Labute approximate surface area is 214 Å². The number of halogens is 2. The van der Waals surface area contributed by atoms with Gasteiger partial charge in [0.15, 0.2) is 11.5 Å². The van der Waals surface area contributed by atoms with Gasteiger partial charge in [0, 0.05) is 31.9 Å². The quantitative estimate of drug-likeness (QED) is 0.321. The van der Waals surface area contributed by atoms with Crippen LogP contribution in [0.2, 0.25) is 5.02 Å². The van der Waals surface area contributed by atoms with Crippen LogP contribution < -0.4 is 14.4 Å². The Morgan fingerprint density at radius 3 is 2.42 bits per heavy atom. The van der Waals surface area contributed by atoms with E-state index in [-0.39, 0.29) is 28.9 Å². The SMILES string of the molecule is COc1cc(/C=C(/C#N)C(=O)N2CCN(c3ccccc3)CC2)cc(Cl)c1OCc1ccc(F)cc1. The molecule has 6 nitrogen and oxygen atoms in total. The van der Waals surface area contributed by atoms with Gasteiger partial charge in [-0.3, -0.25) is 4.79 Å². The number of nitrogens with zero attached hydrogens (tertiary/aromatic N) is 3. The van der Waals surface area contributed by atoms with Gasteiger partial charge in [0.1, 0.15) is 24.1 Å². The molecule has 36 heavy (non-hydrogen) atoms. The minimum absolute atomic E-state index is 0.0151. The van der Waals surface area contributed by atoms with Crippen molar-refractivity contribution in [1.82, 2.24) is 4.90 Å². The number of hydrogen-bond donors (Lipinski definition) is 0. The second kappa shape index (κ2) is 11.6.